The summed E-state index contributed by atoms with van der Waals surface area (Å²) in [6.45, 7) is 5.24. The first kappa shape index (κ1) is 24.8. The molecule has 0 aromatic heterocycles. The van der Waals surface area contributed by atoms with Crippen molar-refractivity contribution < 1.29 is 36.1 Å². The number of nitrogens with zero attached hydrogens (tertiary/aromatic N) is 2. The number of ether oxygens (including phenoxy) is 2. The average Bonchev–Trinajstić information content (AvgIpc) is 2.73. The smallest absolute Gasteiger partial charge is 0.487 e. The highest BCUT2D eigenvalue weighted by molar-refractivity contribution is 7.82. The quantitative estimate of drug-likeness (QED) is 0.222. The SMILES string of the molecule is Cc1ccc(OS(=O)(=O)ON=CCCCOc2cc3c(cc2[N+](=O)[O-])NC(=O)OC3(C)C)cc1. The van der Waals surface area contributed by atoms with Crippen molar-refractivity contribution in [3.63, 3.8) is 0 Å². The monoisotopic (exact) mass is 493 g/mol. The number of fused-ring (bicyclic) bond motifs is 1. The molecule has 0 radical (unpaired) electrons. The van der Waals surface area contributed by atoms with E-state index in [4.69, 9.17) is 13.7 Å². The van der Waals surface area contributed by atoms with Crippen molar-refractivity contribution in [2.75, 3.05) is 11.9 Å². The Labute approximate surface area is 195 Å². The van der Waals surface area contributed by atoms with Crippen molar-refractivity contribution in [1.29, 1.82) is 0 Å². The summed E-state index contributed by atoms with van der Waals surface area (Å²) < 4.78 is 43.5. The molecule has 0 spiro atoms. The zero-order chi connectivity index (χ0) is 24.9. The van der Waals surface area contributed by atoms with Gasteiger partial charge in [0.15, 0.2) is 5.75 Å². The first-order valence-electron chi connectivity index (χ1n) is 10.1. The second kappa shape index (κ2) is 9.95. The molecule has 1 amide bonds. The Hall–Kier alpha value is -3.87. The fourth-order valence-corrected chi connectivity index (χ4v) is 3.61. The highest BCUT2D eigenvalue weighted by atomic mass is 32.3. The predicted molar refractivity (Wildman–Crippen MR) is 121 cm³/mol. The van der Waals surface area contributed by atoms with E-state index < -0.39 is 27.0 Å². The highest BCUT2D eigenvalue weighted by Crippen LogP contribution is 2.42. The van der Waals surface area contributed by atoms with Gasteiger partial charge in [0.05, 0.1) is 17.2 Å². The number of carbonyl (C=O) groups is 1. The summed E-state index contributed by atoms with van der Waals surface area (Å²) in [4.78, 5) is 22.5. The highest BCUT2D eigenvalue weighted by Gasteiger charge is 2.36. The van der Waals surface area contributed by atoms with Crippen LogP contribution in [0, 0.1) is 17.0 Å². The summed E-state index contributed by atoms with van der Waals surface area (Å²) in [6.07, 6.45) is 1.14. The van der Waals surface area contributed by atoms with Crippen molar-refractivity contribution in [2.24, 2.45) is 5.16 Å². The molecule has 0 fully saturated rings. The fourth-order valence-electron chi connectivity index (χ4n) is 3.07. The third-order valence-electron chi connectivity index (χ3n) is 4.69. The van der Waals surface area contributed by atoms with Gasteiger partial charge in [-0.05, 0) is 51.8 Å². The molecule has 12 nitrogen and oxygen atoms in total. The van der Waals surface area contributed by atoms with Crippen LogP contribution in [0.15, 0.2) is 41.6 Å². The molecular weight excluding hydrogens is 470 g/mol. The van der Waals surface area contributed by atoms with Gasteiger partial charge in [-0.3, -0.25) is 15.4 Å². The molecule has 0 bridgehead atoms. The molecule has 2 aromatic carbocycles. The number of amides is 1. The minimum absolute atomic E-state index is 0.0128. The van der Waals surface area contributed by atoms with Gasteiger partial charge >= 0.3 is 22.2 Å². The van der Waals surface area contributed by atoms with Gasteiger partial charge in [-0.15, -0.1) is 8.42 Å². The molecule has 0 aliphatic carbocycles. The number of nitro benzene ring substituents is 1. The van der Waals surface area contributed by atoms with Crippen molar-refractivity contribution in [1.82, 2.24) is 0 Å². The van der Waals surface area contributed by atoms with Crippen LogP contribution in [0.2, 0.25) is 0 Å². The Morgan fingerprint density at radius 2 is 1.94 bits per heavy atom. The zero-order valence-corrected chi connectivity index (χ0v) is 19.5. The minimum atomic E-state index is -4.37. The van der Waals surface area contributed by atoms with Crippen LogP contribution in [0.5, 0.6) is 11.5 Å². The van der Waals surface area contributed by atoms with Crippen molar-refractivity contribution in [3.05, 3.63) is 57.6 Å². The Bertz CT molecular complexity index is 1210. The Kier molecular flexibility index (Phi) is 7.25. The molecule has 182 valence electrons. The predicted octanol–water partition coefficient (Wildman–Crippen LogP) is 4.19. The number of anilines is 1. The van der Waals surface area contributed by atoms with Crippen molar-refractivity contribution >= 4 is 34.1 Å². The van der Waals surface area contributed by atoms with Crippen LogP contribution in [0.3, 0.4) is 0 Å². The third-order valence-corrected chi connectivity index (χ3v) is 5.36. The van der Waals surface area contributed by atoms with Crippen molar-refractivity contribution in [2.45, 2.75) is 39.2 Å². The number of oxime groups is 1. The van der Waals surface area contributed by atoms with Crippen LogP contribution in [0.4, 0.5) is 16.2 Å². The van der Waals surface area contributed by atoms with Gasteiger partial charge in [0.2, 0.25) is 0 Å². The maximum absolute atomic E-state index is 11.8. The number of hydrogen-bond donors (Lipinski definition) is 1. The number of nitro groups is 1. The maximum atomic E-state index is 11.8. The molecule has 0 saturated carbocycles. The minimum Gasteiger partial charge on any atom is -0.487 e. The lowest BCUT2D eigenvalue weighted by Gasteiger charge is -2.32. The molecule has 2 aromatic rings. The molecule has 0 saturated heterocycles. The van der Waals surface area contributed by atoms with Gasteiger partial charge in [0.25, 0.3) is 0 Å². The first-order chi connectivity index (χ1) is 16.0. The molecule has 1 aliphatic heterocycles. The zero-order valence-electron chi connectivity index (χ0n) is 18.6. The summed E-state index contributed by atoms with van der Waals surface area (Å²) in [5.74, 6) is 0.104. The van der Waals surface area contributed by atoms with E-state index >= 15 is 0 Å². The first-order valence-corrected chi connectivity index (χ1v) is 11.5. The molecule has 0 unspecified atom stereocenters. The summed E-state index contributed by atoms with van der Waals surface area (Å²) in [5, 5.41) is 17.3. The number of carbonyl (C=O) groups excluding carboxylic acids is 1. The molecule has 0 atom stereocenters. The van der Waals surface area contributed by atoms with E-state index in [9.17, 15) is 23.3 Å². The number of rotatable bonds is 10. The number of cyclic esters (lactones) is 1. The average molecular weight is 493 g/mol. The van der Waals surface area contributed by atoms with Gasteiger partial charge in [-0.1, -0.05) is 22.9 Å². The summed E-state index contributed by atoms with van der Waals surface area (Å²) in [6, 6.07) is 9.02. The van der Waals surface area contributed by atoms with Crippen LogP contribution in [0.25, 0.3) is 0 Å². The van der Waals surface area contributed by atoms with Gasteiger partial charge < -0.3 is 13.7 Å². The van der Waals surface area contributed by atoms with E-state index in [-0.39, 0.29) is 35.9 Å². The van der Waals surface area contributed by atoms with Gasteiger partial charge in [-0.2, -0.15) is 0 Å². The Morgan fingerprint density at radius 3 is 2.62 bits per heavy atom. The molecule has 1 aliphatic rings. The standard InChI is InChI=1S/C21H23N3O9S/c1-14-6-8-15(9-7-14)32-34(28,29)33-22-10-4-5-11-30-19-12-16-17(13-18(19)24(26)27)23-20(25)31-21(16,2)3/h6-10,12-13H,4-5,11H2,1-3H3,(H,23,25). The van der Waals surface area contributed by atoms with Gasteiger partial charge in [0, 0.05) is 17.8 Å². The molecule has 1 N–H and O–H groups in total. The Balaban J connectivity index is 1.53. The number of benzene rings is 2. The number of hydrogen-bond acceptors (Lipinski definition) is 10. The number of aryl methyl sites for hydroxylation is 1. The Morgan fingerprint density at radius 1 is 1.24 bits per heavy atom. The molecular formula is C21H23N3O9S. The summed E-state index contributed by atoms with van der Waals surface area (Å²) in [5.41, 5.74) is 0.435. The fraction of sp³-hybridized carbons (Fsp3) is 0.333. The molecule has 34 heavy (non-hydrogen) atoms. The van der Waals surface area contributed by atoms with E-state index in [1.54, 1.807) is 26.0 Å². The summed E-state index contributed by atoms with van der Waals surface area (Å²) in [7, 11) is -4.37. The number of nitrogens with one attached hydrogen (secondary N) is 1. The molecule has 1 heterocycles. The van der Waals surface area contributed by atoms with E-state index in [1.807, 2.05) is 6.92 Å². The van der Waals surface area contributed by atoms with E-state index in [0.29, 0.717) is 12.0 Å². The lowest BCUT2D eigenvalue weighted by molar-refractivity contribution is -0.385. The largest absolute Gasteiger partial charge is 0.521 e. The topological polar surface area (TPSA) is 156 Å². The third kappa shape index (κ3) is 6.34. The number of unbranched alkanes of at least 4 members (excludes halogenated alkanes) is 1. The lowest BCUT2D eigenvalue weighted by Crippen LogP contribution is -2.34. The van der Waals surface area contributed by atoms with E-state index in [2.05, 4.69) is 14.8 Å². The molecule has 13 heteroatoms. The second-order valence-corrected chi connectivity index (χ2v) is 8.94. The summed E-state index contributed by atoms with van der Waals surface area (Å²) >= 11 is 0. The van der Waals surface area contributed by atoms with Crippen LogP contribution < -0.4 is 14.2 Å². The van der Waals surface area contributed by atoms with Crippen LogP contribution in [0.1, 0.15) is 37.8 Å². The second-order valence-electron chi connectivity index (χ2n) is 7.81. The van der Waals surface area contributed by atoms with Crippen molar-refractivity contribution in [3.8, 4) is 11.5 Å². The van der Waals surface area contributed by atoms with Gasteiger partial charge in [-0.25, -0.2) is 9.08 Å². The van der Waals surface area contributed by atoms with Gasteiger partial charge in [0.1, 0.15) is 11.4 Å². The van der Waals surface area contributed by atoms with Crippen LogP contribution in [-0.2, 0) is 25.0 Å². The van der Waals surface area contributed by atoms with E-state index in [0.717, 1.165) is 5.56 Å². The maximum Gasteiger partial charge on any atom is 0.521 e. The molecule has 3 rings (SSSR count). The normalized spacial score (nSPS) is 14.6. The van der Waals surface area contributed by atoms with Crippen LogP contribution in [-0.4, -0.2) is 32.3 Å². The van der Waals surface area contributed by atoms with Crippen LogP contribution >= 0.6 is 0 Å². The van der Waals surface area contributed by atoms with E-state index in [1.165, 1.54) is 30.5 Å². The lowest BCUT2D eigenvalue weighted by atomic mass is 9.94.